The predicted molar refractivity (Wildman–Crippen MR) is 170 cm³/mol. The van der Waals surface area contributed by atoms with Crippen molar-refractivity contribution in [3.63, 3.8) is 0 Å². The third-order valence-electron chi connectivity index (χ3n) is 6.92. The lowest BCUT2D eigenvalue weighted by atomic mass is 10.3. The summed E-state index contributed by atoms with van der Waals surface area (Å²) in [6, 6.07) is 6.37. The van der Waals surface area contributed by atoms with Crippen LogP contribution in [0.25, 0.3) is 0 Å². The molecule has 12 nitrogen and oxygen atoms in total. The number of likely N-dealkylation sites (N-methyl/N-ethyl adjacent to an activating group) is 1. The van der Waals surface area contributed by atoms with Gasteiger partial charge in [0.15, 0.2) is 0 Å². The molecular weight excluding hydrogens is 592 g/mol. The molecule has 0 aliphatic rings. The van der Waals surface area contributed by atoms with E-state index < -0.39 is 11.8 Å². The monoisotopic (exact) mass is 626 g/mol. The number of halogens is 1. The maximum Gasteiger partial charge on any atom is 0.272 e. The van der Waals surface area contributed by atoms with E-state index in [0.717, 1.165) is 19.6 Å². The third-order valence-corrected chi connectivity index (χ3v) is 8.26. The fourth-order valence-corrected chi connectivity index (χ4v) is 5.60. The molecule has 4 N–H and O–H groups in total. The van der Waals surface area contributed by atoms with Gasteiger partial charge in [-0.1, -0.05) is 25.4 Å². The Morgan fingerprint density at radius 2 is 1.19 bits per heavy atom. The molecule has 0 bridgehead atoms. The van der Waals surface area contributed by atoms with Crippen molar-refractivity contribution in [2.45, 2.75) is 13.8 Å². The van der Waals surface area contributed by atoms with E-state index in [1.807, 2.05) is 0 Å². The van der Waals surface area contributed by atoms with Gasteiger partial charge in [0.25, 0.3) is 23.6 Å². The smallest absolute Gasteiger partial charge is 0.272 e. The number of carbonyl (C=O) groups is 4. The van der Waals surface area contributed by atoms with E-state index in [2.05, 4.69) is 40.0 Å². The molecule has 0 spiro atoms. The highest BCUT2D eigenvalue weighted by Gasteiger charge is 2.20. The van der Waals surface area contributed by atoms with Gasteiger partial charge in [-0.05, 0) is 42.7 Å². The molecule has 14 heteroatoms. The van der Waals surface area contributed by atoms with Crippen molar-refractivity contribution >= 4 is 63.6 Å². The number of amides is 4. The molecule has 0 aliphatic carbocycles. The summed E-state index contributed by atoms with van der Waals surface area (Å²) in [6.07, 6.45) is 4.91. The van der Waals surface area contributed by atoms with Gasteiger partial charge in [-0.3, -0.25) is 19.2 Å². The third kappa shape index (κ3) is 7.55. The second-order valence-electron chi connectivity index (χ2n) is 9.92. The second-order valence-corrected chi connectivity index (χ2v) is 11.2. The summed E-state index contributed by atoms with van der Waals surface area (Å²) >= 11 is 7.27. The standard InChI is InChI=1S/C29H35ClN8O4S/c1-6-38(7-2)10-9-31-26(39)22-12-18(15-35(22)3)32-27(40)23-13-19(16-36(23)4)33-28(41)24-14-20(17-37(24)5)34-29(42)25-21(30)8-11-43-25/h8,11-17H,6-7,9-10H2,1-5H3,(H,31,39)(H,32,40)(H,33,41)(H,34,42). The minimum atomic E-state index is -0.422. The molecule has 0 unspecified atom stereocenters. The highest BCUT2D eigenvalue weighted by Crippen LogP contribution is 2.24. The molecule has 4 aromatic heterocycles. The largest absolute Gasteiger partial charge is 0.349 e. The minimum absolute atomic E-state index is 0.224. The van der Waals surface area contributed by atoms with E-state index in [0.29, 0.717) is 50.6 Å². The quantitative estimate of drug-likeness (QED) is 0.187. The van der Waals surface area contributed by atoms with Gasteiger partial charge in [0.2, 0.25) is 0 Å². The van der Waals surface area contributed by atoms with Crippen molar-refractivity contribution in [3.8, 4) is 0 Å². The molecule has 4 rings (SSSR count). The fraction of sp³-hybridized carbons (Fsp3) is 0.310. The van der Waals surface area contributed by atoms with Crippen LogP contribution in [0.15, 0.2) is 48.2 Å². The number of aromatic nitrogens is 3. The Kier molecular flexibility index (Phi) is 10.1. The molecule has 0 fully saturated rings. The van der Waals surface area contributed by atoms with Crippen molar-refractivity contribution in [1.29, 1.82) is 0 Å². The number of hydrogen-bond donors (Lipinski definition) is 4. The van der Waals surface area contributed by atoms with E-state index in [1.165, 1.54) is 11.3 Å². The van der Waals surface area contributed by atoms with Crippen LogP contribution < -0.4 is 21.3 Å². The number of aryl methyl sites for hydroxylation is 3. The number of rotatable bonds is 12. The van der Waals surface area contributed by atoms with E-state index in [9.17, 15) is 19.2 Å². The van der Waals surface area contributed by atoms with Crippen LogP contribution >= 0.6 is 22.9 Å². The summed E-state index contributed by atoms with van der Waals surface area (Å²) in [5.74, 6) is -1.41. The second kappa shape index (κ2) is 13.8. The number of nitrogens with one attached hydrogen (secondary N) is 4. The van der Waals surface area contributed by atoms with Crippen molar-refractivity contribution in [2.24, 2.45) is 21.1 Å². The molecule has 0 aliphatic heterocycles. The Hall–Kier alpha value is -4.33. The van der Waals surface area contributed by atoms with Gasteiger partial charge in [-0.15, -0.1) is 11.3 Å². The van der Waals surface area contributed by atoms with Gasteiger partial charge < -0.3 is 39.9 Å². The zero-order chi connectivity index (χ0) is 31.3. The molecule has 0 radical (unpaired) electrons. The van der Waals surface area contributed by atoms with Crippen LogP contribution in [0.1, 0.15) is 55.0 Å². The number of carbonyl (C=O) groups excluding carboxylic acids is 4. The molecule has 4 amide bonds. The summed E-state index contributed by atoms with van der Waals surface area (Å²) in [4.78, 5) is 53.9. The molecule has 0 saturated heterocycles. The van der Waals surface area contributed by atoms with Crippen molar-refractivity contribution < 1.29 is 19.2 Å². The number of nitrogens with zero attached hydrogens (tertiary/aromatic N) is 4. The maximum absolute atomic E-state index is 13.1. The maximum atomic E-state index is 13.1. The highest BCUT2D eigenvalue weighted by molar-refractivity contribution is 7.12. The molecule has 228 valence electrons. The van der Waals surface area contributed by atoms with Crippen LogP contribution in [0.4, 0.5) is 17.1 Å². The Labute approximate surface area is 258 Å². The molecule has 0 saturated carbocycles. The molecule has 0 atom stereocenters. The fourth-order valence-electron chi connectivity index (χ4n) is 4.57. The average Bonchev–Trinajstić information content (AvgIpc) is 3.73. The van der Waals surface area contributed by atoms with Gasteiger partial charge in [-0.2, -0.15) is 0 Å². The Balaban J connectivity index is 1.37. The van der Waals surface area contributed by atoms with Gasteiger partial charge in [0, 0.05) is 52.8 Å². The van der Waals surface area contributed by atoms with Crippen LogP contribution in [-0.2, 0) is 21.1 Å². The van der Waals surface area contributed by atoms with E-state index >= 15 is 0 Å². The Morgan fingerprint density at radius 1 is 0.744 bits per heavy atom. The summed E-state index contributed by atoms with van der Waals surface area (Å²) in [6.45, 7) is 7.26. The summed E-state index contributed by atoms with van der Waals surface area (Å²) in [5.41, 5.74) is 2.35. The van der Waals surface area contributed by atoms with Gasteiger partial charge in [0.1, 0.15) is 22.0 Å². The SMILES string of the molecule is CCN(CC)CCNC(=O)c1cc(NC(=O)c2cc(NC(=O)c3cc(NC(=O)c4sccc4Cl)cn3C)cn2C)cn1C. The first-order chi connectivity index (χ1) is 20.5. The zero-order valence-electron chi connectivity index (χ0n) is 24.7. The Bertz CT molecular complexity index is 1650. The molecular formula is C29H35ClN8O4S. The number of hydrogen-bond acceptors (Lipinski definition) is 6. The summed E-state index contributed by atoms with van der Waals surface area (Å²) < 4.78 is 4.84. The zero-order valence-corrected chi connectivity index (χ0v) is 26.2. The van der Waals surface area contributed by atoms with Crippen LogP contribution in [0.5, 0.6) is 0 Å². The van der Waals surface area contributed by atoms with Crippen LogP contribution in [0.2, 0.25) is 5.02 Å². The Morgan fingerprint density at radius 3 is 1.60 bits per heavy atom. The average molecular weight is 627 g/mol. The topological polar surface area (TPSA) is 134 Å². The van der Waals surface area contributed by atoms with E-state index in [-0.39, 0.29) is 11.8 Å². The molecule has 4 heterocycles. The van der Waals surface area contributed by atoms with E-state index in [4.69, 9.17) is 11.6 Å². The van der Waals surface area contributed by atoms with Crippen molar-refractivity contribution in [2.75, 3.05) is 42.1 Å². The number of anilines is 3. The van der Waals surface area contributed by atoms with Crippen LogP contribution in [-0.4, -0.2) is 68.4 Å². The summed E-state index contributed by atoms with van der Waals surface area (Å²) in [7, 11) is 5.12. The van der Waals surface area contributed by atoms with Gasteiger partial charge in [-0.25, -0.2) is 0 Å². The lowest BCUT2D eigenvalue weighted by Crippen LogP contribution is -2.35. The van der Waals surface area contributed by atoms with Gasteiger partial charge >= 0.3 is 0 Å². The molecule has 4 aromatic rings. The van der Waals surface area contributed by atoms with Crippen LogP contribution in [0.3, 0.4) is 0 Å². The lowest BCUT2D eigenvalue weighted by Gasteiger charge is -2.17. The van der Waals surface area contributed by atoms with Crippen molar-refractivity contribution in [3.05, 3.63) is 75.2 Å². The van der Waals surface area contributed by atoms with Gasteiger partial charge in [0.05, 0.1) is 22.1 Å². The first-order valence-corrected chi connectivity index (χ1v) is 14.9. The van der Waals surface area contributed by atoms with Crippen molar-refractivity contribution in [1.82, 2.24) is 23.9 Å². The van der Waals surface area contributed by atoms with Crippen LogP contribution in [0, 0.1) is 0 Å². The lowest BCUT2D eigenvalue weighted by molar-refractivity contribution is 0.0938. The normalized spacial score (nSPS) is 11.0. The molecule has 43 heavy (non-hydrogen) atoms. The molecule has 0 aromatic carbocycles. The first kappa shape index (κ1) is 31.6. The minimum Gasteiger partial charge on any atom is -0.349 e. The highest BCUT2D eigenvalue weighted by atomic mass is 35.5. The summed E-state index contributed by atoms with van der Waals surface area (Å²) in [5, 5.41) is 13.4. The first-order valence-electron chi connectivity index (χ1n) is 13.7. The number of thiophene rings is 1. The van der Waals surface area contributed by atoms with E-state index in [1.54, 1.807) is 83.1 Å². The predicted octanol–water partition coefficient (Wildman–Crippen LogP) is 4.25.